The molecular weight excluding hydrogens is 387 g/mol. The second-order valence-corrected chi connectivity index (χ2v) is 9.93. The van der Waals surface area contributed by atoms with E-state index in [2.05, 4.69) is 29.5 Å². The second-order valence-electron chi connectivity index (χ2n) is 8.15. The zero-order valence-electron chi connectivity index (χ0n) is 13.5. The monoisotopic (exact) mass is 414 g/mol. The molecule has 0 spiro atoms. The third-order valence-electron chi connectivity index (χ3n) is 7.69. The Bertz CT molecular complexity index is 524. The Morgan fingerprint density at radius 1 is 1.18 bits per heavy atom. The van der Waals surface area contributed by atoms with Crippen LogP contribution < -0.4 is 0 Å². The van der Waals surface area contributed by atoms with Gasteiger partial charge in [-0.05, 0) is 104 Å². The van der Waals surface area contributed by atoms with Crippen LogP contribution in [0.1, 0.15) is 64.7 Å². The van der Waals surface area contributed by atoms with Gasteiger partial charge >= 0.3 is 0 Å². The number of carbonyl (C=O) groups is 1. The summed E-state index contributed by atoms with van der Waals surface area (Å²) in [5.74, 6) is 3.30. The summed E-state index contributed by atoms with van der Waals surface area (Å²) in [5.41, 5.74) is 1.62. The van der Waals surface area contributed by atoms with Gasteiger partial charge in [0.15, 0.2) is 5.78 Å². The molecule has 4 unspecified atom stereocenters. The molecule has 4 aliphatic carbocycles. The summed E-state index contributed by atoms with van der Waals surface area (Å²) in [6.45, 7) is 2.29. The van der Waals surface area contributed by atoms with E-state index in [1.807, 2.05) is 6.08 Å². The number of halogens is 1. The van der Waals surface area contributed by atoms with E-state index in [1.165, 1.54) is 31.3 Å². The molecule has 0 aromatic rings. The highest BCUT2D eigenvalue weighted by Gasteiger charge is 2.62. The molecular formula is C19H27IO2. The van der Waals surface area contributed by atoms with Gasteiger partial charge in [-0.3, -0.25) is 4.79 Å². The molecule has 1 N–H and O–H groups in total. The summed E-state index contributed by atoms with van der Waals surface area (Å²) in [4.78, 5) is 11.7. The molecule has 0 aromatic heterocycles. The first-order chi connectivity index (χ1) is 10.5. The highest BCUT2D eigenvalue weighted by molar-refractivity contribution is 14.1. The van der Waals surface area contributed by atoms with Crippen molar-refractivity contribution >= 4 is 28.4 Å². The molecule has 0 amide bonds. The Morgan fingerprint density at radius 2 is 2.00 bits per heavy atom. The Balaban J connectivity index is 1.66. The number of hydrogen-bond acceptors (Lipinski definition) is 2. The largest absolute Gasteiger partial charge is 0.379 e. The summed E-state index contributed by atoms with van der Waals surface area (Å²) < 4.78 is -0.492. The molecule has 3 saturated carbocycles. The molecule has 6 atom stereocenters. The van der Waals surface area contributed by atoms with Gasteiger partial charge in [-0.2, -0.15) is 0 Å². The molecule has 122 valence electrons. The Labute approximate surface area is 147 Å². The molecule has 0 saturated heterocycles. The van der Waals surface area contributed by atoms with Crippen LogP contribution in [-0.4, -0.2) is 14.5 Å². The highest BCUT2D eigenvalue weighted by atomic mass is 127. The summed E-state index contributed by atoms with van der Waals surface area (Å²) in [5, 5.41) is 11.0. The molecule has 0 heterocycles. The third-order valence-corrected chi connectivity index (χ3v) is 9.30. The van der Waals surface area contributed by atoms with Crippen LogP contribution in [-0.2, 0) is 4.79 Å². The van der Waals surface area contributed by atoms with Crippen LogP contribution in [0.15, 0.2) is 11.6 Å². The number of fused-ring (bicyclic) bond motifs is 5. The average Bonchev–Trinajstić information content (AvgIpc) is 2.78. The van der Waals surface area contributed by atoms with Crippen LogP contribution in [0, 0.1) is 29.1 Å². The summed E-state index contributed by atoms with van der Waals surface area (Å²) in [6, 6.07) is 0. The predicted octanol–water partition coefficient (Wildman–Crippen LogP) is 4.64. The number of hydrogen-bond donors (Lipinski definition) is 1. The second kappa shape index (κ2) is 5.30. The van der Waals surface area contributed by atoms with Crippen LogP contribution in [0.4, 0.5) is 0 Å². The minimum Gasteiger partial charge on any atom is -0.379 e. The van der Waals surface area contributed by atoms with Gasteiger partial charge in [-0.15, -0.1) is 0 Å². The standard InChI is InChI=1S/C19H27IO2/c1-2-18-9-7-15-14-6-4-13(21)11-12(14)3-5-16(15)17(18)8-10-19(18,20)22/h11,14-17,22H,2-10H2,1H3/t14?,15?,16?,17?,18-,19-/m0/s1. The van der Waals surface area contributed by atoms with Crippen molar-refractivity contribution in [2.45, 2.75) is 68.3 Å². The lowest BCUT2D eigenvalue weighted by Crippen LogP contribution is -2.51. The van der Waals surface area contributed by atoms with Crippen LogP contribution in [0.3, 0.4) is 0 Å². The minimum atomic E-state index is -0.492. The normalized spacial score (nSPS) is 50.9. The van der Waals surface area contributed by atoms with Crippen molar-refractivity contribution in [1.82, 2.24) is 0 Å². The fourth-order valence-electron chi connectivity index (χ4n) is 6.67. The molecule has 4 rings (SSSR count). The molecule has 4 aliphatic rings. The fraction of sp³-hybridized carbons (Fsp3) is 0.842. The first-order valence-electron chi connectivity index (χ1n) is 9.13. The van der Waals surface area contributed by atoms with E-state index < -0.39 is 3.61 Å². The topological polar surface area (TPSA) is 37.3 Å². The van der Waals surface area contributed by atoms with Gasteiger partial charge in [0.1, 0.15) is 3.61 Å². The maximum absolute atomic E-state index is 11.7. The minimum absolute atomic E-state index is 0.153. The van der Waals surface area contributed by atoms with Gasteiger partial charge in [-0.25, -0.2) is 0 Å². The van der Waals surface area contributed by atoms with Crippen molar-refractivity contribution in [2.24, 2.45) is 29.1 Å². The number of allylic oxidation sites excluding steroid dienone is 1. The first-order valence-corrected chi connectivity index (χ1v) is 10.2. The van der Waals surface area contributed by atoms with Crippen molar-refractivity contribution in [3.05, 3.63) is 11.6 Å². The first kappa shape index (κ1) is 15.6. The molecule has 0 bridgehead atoms. The molecule has 0 aliphatic heterocycles. The number of ketones is 1. The molecule has 0 aromatic carbocycles. The number of aliphatic hydroxyl groups is 1. The highest BCUT2D eigenvalue weighted by Crippen LogP contribution is 2.67. The van der Waals surface area contributed by atoms with E-state index in [1.54, 1.807) is 0 Å². The SMILES string of the molecule is CC[C@]12CCC3C4CCC(=O)C=C4CCC3C1CC[C@@]2(O)I. The molecule has 3 heteroatoms. The summed E-state index contributed by atoms with van der Waals surface area (Å²) in [7, 11) is 0. The van der Waals surface area contributed by atoms with Crippen LogP contribution in [0.25, 0.3) is 0 Å². The van der Waals surface area contributed by atoms with Gasteiger partial charge < -0.3 is 5.11 Å². The Hall–Kier alpha value is 0.1000. The quantitative estimate of drug-likeness (QED) is 0.501. The number of alkyl halides is 1. The van der Waals surface area contributed by atoms with Crippen molar-refractivity contribution in [3.63, 3.8) is 0 Å². The summed E-state index contributed by atoms with van der Waals surface area (Å²) in [6.07, 6.45) is 12.0. The molecule has 2 nitrogen and oxygen atoms in total. The van der Waals surface area contributed by atoms with E-state index in [9.17, 15) is 9.90 Å². The predicted molar refractivity (Wildman–Crippen MR) is 95.7 cm³/mol. The van der Waals surface area contributed by atoms with Crippen LogP contribution in [0.5, 0.6) is 0 Å². The molecule has 22 heavy (non-hydrogen) atoms. The maximum Gasteiger partial charge on any atom is 0.155 e. The van der Waals surface area contributed by atoms with Crippen molar-refractivity contribution in [1.29, 1.82) is 0 Å². The van der Waals surface area contributed by atoms with E-state index in [0.717, 1.165) is 43.9 Å². The van der Waals surface area contributed by atoms with Gasteiger partial charge in [0.05, 0.1) is 0 Å². The fourth-order valence-corrected chi connectivity index (χ4v) is 8.03. The lowest BCUT2D eigenvalue weighted by atomic mass is 9.51. The zero-order chi connectivity index (χ0) is 15.5. The lowest BCUT2D eigenvalue weighted by molar-refractivity contribution is -0.116. The van der Waals surface area contributed by atoms with E-state index in [4.69, 9.17) is 0 Å². The van der Waals surface area contributed by atoms with Crippen molar-refractivity contribution in [3.8, 4) is 0 Å². The van der Waals surface area contributed by atoms with Crippen LogP contribution >= 0.6 is 22.6 Å². The smallest absolute Gasteiger partial charge is 0.155 e. The average molecular weight is 414 g/mol. The van der Waals surface area contributed by atoms with E-state index >= 15 is 0 Å². The Kier molecular flexibility index (Phi) is 3.76. The van der Waals surface area contributed by atoms with Crippen molar-refractivity contribution < 1.29 is 9.90 Å². The van der Waals surface area contributed by atoms with Crippen LogP contribution in [0.2, 0.25) is 0 Å². The Morgan fingerprint density at radius 3 is 2.77 bits per heavy atom. The van der Waals surface area contributed by atoms with Gasteiger partial charge in [0.25, 0.3) is 0 Å². The van der Waals surface area contributed by atoms with Crippen molar-refractivity contribution in [2.75, 3.05) is 0 Å². The third kappa shape index (κ3) is 2.03. The maximum atomic E-state index is 11.7. The van der Waals surface area contributed by atoms with Gasteiger partial charge in [0, 0.05) is 11.8 Å². The number of carbonyl (C=O) groups excluding carboxylic acids is 1. The lowest BCUT2D eigenvalue weighted by Gasteiger charge is -2.55. The van der Waals surface area contributed by atoms with Gasteiger partial charge in [0.2, 0.25) is 0 Å². The number of rotatable bonds is 1. The zero-order valence-corrected chi connectivity index (χ0v) is 15.6. The molecule has 0 radical (unpaired) electrons. The van der Waals surface area contributed by atoms with E-state index in [-0.39, 0.29) is 5.41 Å². The van der Waals surface area contributed by atoms with Gasteiger partial charge in [-0.1, -0.05) is 12.5 Å². The van der Waals surface area contributed by atoms with E-state index in [0.29, 0.717) is 17.6 Å². The summed E-state index contributed by atoms with van der Waals surface area (Å²) >= 11 is 2.36. The molecule has 3 fully saturated rings.